The Morgan fingerprint density at radius 2 is 1.90 bits per heavy atom. The predicted molar refractivity (Wildman–Crippen MR) is 122 cm³/mol. The van der Waals surface area contributed by atoms with Gasteiger partial charge in [-0.1, -0.05) is 36.4 Å². The van der Waals surface area contributed by atoms with E-state index in [1.54, 1.807) is 7.11 Å². The molecular formula is C24H27N5O. The molecule has 4 aromatic rings. The number of aromatic amines is 1. The van der Waals surface area contributed by atoms with Crippen LogP contribution in [0.1, 0.15) is 17.3 Å². The number of rotatable bonds is 9. The SMILES string of the molecule is COCCNCC(Nc1cncc(-c2ccc3n[nH]c(C)c3c2)c1)c1ccccc1. The van der Waals surface area contributed by atoms with Crippen LogP contribution in [0.25, 0.3) is 22.0 Å². The van der Waals surface area contributed by atoms with Crippen molar-refractivity contribution < 1.29 is 4.74 Å². The summed E-state index contributed by atoms with van der Waals surface area (Å²) in [5.74, 6) is 0. The molecule has 4 rings (SSSR count). The van der Waals surface area contributed by atoms with Gasteiger partial charge in [-0.3, -0.25) is 10.1 Å². The van der Waals surface area contributed by atoms with Crippen molar-refractivity contribution in [3.8, 4) is 11.1 Å². The van der Waals surface area contributed by atoms with Crippen molar-refractivity contribution in [2.24, 2.45) is 0 Å². The van der Waals surface area contributed by atoms with Gasteiger partial charge in [-0.25, -0.2) is 0 Å². The molecule has 2 aromatic heterocycles. The van der Waals surface area contributed by atoms with Crippen LogP contribution in [0.15, 0.2) is 67.0 Å². The van der Waals surface area contributed by atoms with Crippen LogP contribution in [-0.4, -0.2) is 42.0 Å². The molecule has 0 spiro atoms. The zero-order chi connectivity index (χ0) is 20.8. The summed E-state index contributed by atoms with van der Waals surface area (Å²) < 4.78 is 5.15. The van der Waals surface area contributed by atoms with E-state index in [9.17, 15) is 0 Å². The van der Waals surface area contributed by atoms with E-state index in [1.165, 1.54) is 5.56 Å². The number of hydrogen-bond acceptors (Lipinski definition) is 5. The standard InChI is InChI=1S/C24H27N5O/c1-17-22-13-19(8-9-23(22)29-28-17)20-12-21(15-26-14-20)27-24(16-25-10-11-30-2)18-6-4-3-5-7-18/h3-9,12-15,24-25,27H,10-11,16H2,1-2H3,(H,28,29). The van der Waals surface area contributed by atoms with Gasteiger partial charge in [0.25, 0.3) is 0 Å². The quantitative estimate of drug-likeness (QED) is 0.364. The molecule has 0 radical (unpaired) electrons. The third-order valence-electron chi connectivity index (χ3n) is 5.19. The lowest BCUT2D eigenvalue weighted by atomic mass is 10.0. The molecule has 0 saturated heterocycles. The van der Waals surface area contributed by atoms with Crippen LogP contribution in [0.5, 0.6) is 0 Å². The Morgan fingerprint density at radius 1 is 1.03 bits per heavy atom. The second-order valence-electron chi connectivity index (χ2n) is 7.35. The number of hydrogen-bond donors (Lipinski definition) is 3. The highest BCUT2D eigenvalue weighted by Crippen LogP contribution is 2.27. The molecule has 2 heterocycles. The van der Waals surface area contributed by atoms with Gasteiger partial charge < -0.3 is 15.4 Å². The monoisotopic (exact) mass is 401 g/mol. The molecule has 1 unspecified atom stereocenters. The first-order valence-corrected chi connectivity index (χ1v) is 10.2. The van der Waals surface area contributed by atoms with Gasteiger partial charge in [-0.15, -0.1) is 0 Å². The van der Waals surface area contributed by atoms with Gasteiger partial charge in [-0.05, 0) is 36.2 Å². The minimum absolute atomic E-state index is 0.124. The van der Waals surface area contributed by atoms with Crippen molar-refractivity contribution in [3.05, 3.63) is 78.2 Å². The smallest absolute Gasteiger partial charge is 0.0924 e. The van der Waals surface area contributed by atoms with E-state index in [4.69, 9.17) is 4.74 Å². The van der Waals surface area contributed by atoms with Crippen LogP contribution >= 0.6 is 0 Å². The molecule has 30 heavy (non-hydrogen) atoms. The highest BCUT2D eigenvalue weighted by Gasteiger charge is 2.12. The molecule has 6 heteroatoms. The average Bonchev–Trinajstić information content (AvgIpc) is 3.17. The van der Waals surface area contributed by atoms with E-state index in [1.807, 2.05) is 31.5 Å². The zero-order valence-corrected chi connectivity index (χ0v) is 17.4. The summed E-state index contributed by atoms with van der Waals surface area (Å²) in [5, 5.41) is 15.6. The van der Waals surface area contributed by atoms with E-state index in [0.29, 0.717) is 6.61 Å². The molecule has 154 valence electrons. The minimum Gasteiger partial charge on any atom is -0.383 e. The first-order chi connectivity index (χ1) is 14.7. The van der Waals surface area contributed by atoms with E-state index in [0.717, 1.165) is 46.5 Å². The second kappa shape index (κ2) is 9.52. The van der Waals surface area contributed by atoms with E-state index in [2.05, 4.69) is 68.3 Å². The largest absolute Gasteiger partial charge is 0.383 e. The Hall–Kier alpha value is -3.22. The third-order valence-corrected chi connectivity index (χ3v) is 5.19. The summed E-state index contributed by atoms with van der Waals surface area (Å²) in [7, 11) is 1.72. The zero-order valence-electron chi connectivity index (χ0n) is 17.4. The summed E-state index contributed by atoms with van der Waals surface area (Å²) in [6.07, 6.45) is 3.77. The number of fused-ring (bicyclic) bond motifs is 1. The van der Waals surface area contributed by atoms with Crippen molar-refractivity contribution >= 4 is 16.6 Å². The highest BCUT2D eigenvalue weighted by molar-refractivity contribution is 5.86. The van der Waals surface area contributed by atoms with Gasteiger partial charge >= 0.3 is 0 Å². The summed E-state index contributed by atoms with van der Waals surface area (Å²) in [4.78, 5) is 4.48. The number of H-pyrrole nitrogens is 1. The van der Waals surface area contributed by atoms with Gasteiger partial charge in [0, 0.05) is 49.2 Å². The Labute approximate surface area is 176 Å². The molecule has 0 fully saturated rings. The number of nitrogens with one attached hydrogen (secondary N) is 3. The minimum atomic E-state index is 0.124. The highest BCUT2D eigenvalue weighted by atomic mass is 16.5. The summed E-state index contributed by atoms with van der Waals surface area (Å²) in [6.45, 7) is 4.33. The topological polar surface area (TPSA) is 74.9 Å². The van der Waals surface area contributed by atoms with Gasteiger partial charge in [0.1, 0.15) is 0 Å². The number of nitrogens with zero attached hydrogens (tertiary/aromatic N) is 2. The van der Waals surface area contributed by atoms with Crippen molar-refractivity contribution in [2.75, 3.05) is 32.1 Å². The maximum absolute atomic E-state index is 5.15. The van der Waals surface area contributed by atoms with E-state index >= 15 is 0 Å². The fourth-order valence-corrected chi connectivity index (χ4v) is 3.55. The lowest BCUT2D eigenvalue weighted by molar-refractivity contribution is 0.199. The van der Waals surface area contributed by atoms with Crippen LogP contribution in [0, 0.1) is 6.92 Å². The van der Waals surface area contributed by atoms with E-state index in [-0.39, 0.29) is 6.04 Å². The molecule has 1 atom stereocenters. The first kappa shape index (κ1) is 20.1. The summed E-state index contributed by atoms with van der Waals surface area (Å²) in [5.41, 5.74) is 6.45. The van der Waals surface area contributed by atoms with Crippen molar-refractivity contribution in [2.45, 2.75) is 13.0 Å². The fraction of sp³-hybridized carbons (Fsp3) is 0.250. The third kappa shape index (κ3) is 4.67. The summed E-state index contributed by atoms with van der Waals surface area (Å²) in [6, 6.07) is 19.0. The Morgan fingerprint density at radius 3 is 2.73 bits per heavy atom. The normalized spacial score (nSPS) is 12.2. The molecular weight excluding hydrogens is 374 g/mol. The molecule has 6 nitrogen and oxygen atoms in total. The molecule has 0 saturated carbocycles. The Bertz CT molecular complexity index is 1090. The van der Waals surface area contributed by atoms with E-state index < -0.39 is 0 Å². The molecule has 0 aliphatic rings. The maximum Gasteiger partial charge on any atom is 0.0924 e. The van der Waals surface area contributed by atoms with Crippen LogP contribution in [0.4, 0.5) is 5.69 Å². The van der Waals surface area contributed by atoms with Crippen LogP contribution in [0.2, 0.25) is 0 Å². The lowest BCUT2D eigenvalue weighted by Gasteiger charge is -2.21. The van der Waals surface area contributed by atoms with Crippen LogP contribution in [0.3, 0.4) is 0 Å². The summed E-state index contributed by atoms with van der Waals surface area (Å²) >= 11 is 0. The molecule has 0 bridgehead atoms. The maximum atomic E-state index is 5.15. The van der Waals surface area contributed by atoms with Gasteiger partial charge in [0.2, 0.25) is 0 Å². The number of ether oxygens (including phenoxy) is 1. The van der Waals surface area contributed by atoms with Gasteiger partial charge in [0.05, 0.1) is 23.9 Å². The number of anilines is 1. The molecule has 2 aromatic carbocycles. The molecule has 0 aliphatic heterocycles. The Kier molecular flexibility index (Phi) is 6.37. The van der Waals surface area contributed by atoms with Crippen molar-refractivity contribution in [1.82, 2.24) is 20.5 Å². The fourth-order valence-electron chi connectivity index (χ4n) is 3.55. The average molecular weight is 402 g/mol. The number of aryl methyl sites for hydroxylation is 1. The predicted octanol–water partition coefficient (Wildman–Crippen LogP) is 4.32. The Balaban J connectivity index is 1.56. The lowest BCUT2D eigenvalue weighted by Crippen LogP contribution is -2.29. The van der Waals surface area contributed by atoms with Gasteiger partial charge in [-0.2, -0.15) is 5.10 Å². The number of pyridine rings is 1. The molecule has 3 N–H and O–H groups in total. The van der Waals surface area contributed by atoms with Crippen LogP contribution < -0.4 is 10.6 Å². The van der Waals surface area contributed by atoms with Crippen molar-refractivity contribution in [3.63, 3.8) is 0 Å². The molecule has 0 amide bonds. The first-order valence-electron chi connectivity index (χ1n) is 10.2. The second-order valence-corrected chi connectivity index (χ2v) is 7.35. The molecule has 0 aliphatic carbocycles. The van der Waals surface area contributed by atoms with Gasteiger partial charge in [0.15, 0.2) is 0 Å². The number of benzene rings is 2. The number of aromatic nitrogens is 3. The van der Waals surface area contributed by atoms with Crippen LogP contribution in [-0.2, 0) is 4.74 Å². The number of methoxy groups -OCH3 is 1. The van der Waals surface area contributed by atoms with Crippen molar-refractivity contribution in [1.29, 1.82) is 0 Å².